The first-order chi connectivity index (χ1) is 12.4. The zero-order valence-corrected chi connectivity index (χ0v) is 17.1. The summed E-state index contributed by atoms with van der Waals surface area (Å²) in [6.45, 7) is 8.62. The smallest absolute Gasteiger partial charge is 0.252 e. The minimum Gasteiger partial charge on any atom is -0.497 e. The molecule has 2 aromatic carbocycles. The number of ether oxygens (including phenoxy) is 1. The van der Waals surface area contributed by atoms with E-state index >= 15 is 0 Å². The number of rotatable bonds is 8. The molecule has 0 fully saturated rings. The fraction of sp³-hybridized carbons (Fsp3) is 0.409. The number of amides is 1. The summed E-state index contributed by atoms with van der Waals surface area (Å²) in [5.74, 6) is 1.28. The second-order valence-electron chi connectivity index (χ2n) is 7.09. The zero-order valence-electron chi connectivity index (χ0n) is 16.3. The summed E-state index contributed by atoms with van der Waals surface area (Å²) in [5, 5.41) is 3.67. The molecule has 0 aliphatic carbocycles. The lowest BCUT2D eigenvalue weighted by molar-refractivity contribution is 0.0929. The number of hydrogen-bond donors (Lipinski definition) is 1. The van der Waals surface area contributed by atoms with Crippen molar-refractivity contribution in [3.05, 3.63) is 59.7 Å². The quantitative estimate of drug-likeness (QED) is 0.604. The Balaban J connectivity index is 2.23. The molecule has 0 saturated heterocycles. The summed E-state index contributed by atoms with van der Waals surface area (Å²) < 4.78 is 5.24. The normalized spacial score (nSPS) is 12.3. The SMILES string of the molecule is COc1ccc(C(CC(C)C)NC(=O)c2ccccc2SC(C)C)cc1. The number of benzene rings is 2. The lowest BCUT2D eigenvalue weighted by Gasteiger charge is -2.22. The minimum atomic E-state index is -0.0227. The maximum Gasteiger partial charge on any atom is 0.252 e. The first-order valence-electron chi connectivity index (χ1n) is 9.11. The predicted molar refractivity (Wildman–Crippen MR) is 110 cm³/mol. The van der Waals surface area contributed by atoms with Crippen LogP contribution in [-0.2, 0) is 0 Å². The van der Waals surface area contributed by atoms with Crippen LogP contribution in [-0.4, -0.2) is 18.3 Å². The van der Waals surface area contributed by atoms with Crippen molar-refractivity contribution in [2.75, 3.05) is 7.11 Å². The summed E-state index contributed by atoms with van der Waals surface area (Å²) in [6, 6.07) is 15.7. The summed E-state index contributed by atoms with van der Waals surface area (Å²) >= 11 is 1.72. The van der Waals surface area contributed by atoms with Crippen LogP contribution < -0.4 is 10.1 Å². The standard InChI is InChI=1S/C22H29NO2S/c1-15(2)14-20(17-10-12-18(25-5)13-11-17)23-22(24)19-8-6-7-9-21(19)26-16(3)4/h6-13,15-16,20H,14H2,1-5H3,(H,23,24). The van der Waals surface area contributed by atoms with Crippen LogP contribution in [0.3, 0.4) is 0 Å². The van der Waals surface area contributed by atoms with E-state index < -0.39 is 0 Å². The molecule has 140 valence electrons. The van der Waals surface area contributed by atoms with E-state index in [0.717, 1.165) is 28.2 Å². The molecule has 1 amide bonds. The van der Waals surface area contributed by atoms with Gasteiger partial charge in [-0.05, 0) is 42.2 Å². The van der Waals surface area contributed by atoms with Crippen molar-refractivity contribution in [3.8, 4) is 5.75 Å². The predicted octanol–water partition coefficient (Wildman–Crippen LogP) is 5.71. The summed E-state index contributed by atoms with van der Waals surface area (Å²) in [6.07, 6.45) is 0.886. The highest BCUT2D eigenvalue weighted by atomic mass is 32.2. The highest BCUT2D eigenvalue weighted by molar-refractivity contribution is 8.00. The Kier molecular flexibility index (Phi) is 7.58. The Morgan fingerprint density at radius 1 is 1.04 bits per heavy atom. The third-order valence-electron chi connectivity index (χ3n) is 4.02. The first kappa shape index (κ1) is 20.4. The molecule has 1 atom stereocenters. The molecule has 1 N–H and O–H groups in total. The molecule has 0 spiro atoms. The molecule has 2 rings (SSSR count). The third kappa shape index (κ3) is 5.80. The van der Waals surface area contributed by atoms with E-state index in [0.29, 0.717) is 11.2 Å². The van der Waals surface area contributed by atoms with Gasteiger partial charge in [0.1, 0.15) is 5.75 Å². The Morgan fingerprint density at radius 2 is 1.69 bits per heavy atom. The van der Waals surface area contributed by atoms with Gasteiger partial charge in [-0.3, -0.25) is 4.79 Å². The summed E-state index contributed by atoms with van der Waals surface area (Å²) in [7, 11) is 1.66. The number of thioether (sulfide) groups is 1. The van der Waals surface area contributed by atoms with Crippen molar-refractivity contribution >= 4 is 17.7 Å². The van der Waals surface area contributed by atoms with Crippen molar-refractivity contribution in [2.45, 2.75) is 50.3 Å². The fourth-order valence-corrected chi connectivity index (χ4v) is 3.79. The van der Waals surface area contributed by atoms with Gasteiger partial charge in [0, 0.05) is 10.1 Å². The van der Waals surface area contributed by atoms with Crippen molar-refractivity contribution in [2.24, 2.45) is 5.92 Å². The fourth-order valence-electron chi connectivity index (χ4n) is 2.83. The van der Waals surface area contributed by atoms with Gasteiger partial charge < -0.3 is 10.1 Å². The first-order valence-corrected chi connectivity index (χ1v) is 9.99. The van der Waals surface area contributed by atoms with Gasteiger partial charge in [0.15, 0.2) is 0 Å². The molecule has 0 aliphatic rings. The lowest BCUT2D eigenvalue weighted by atomic mass is 9.96. The molecule has 0 aromatic heterocycles. The Hall–Kier alpha value is -1.94. The molecule has 1 unspecified atom stereocenters. The van der Waals surface area contributed by atoms with Gasteiger partial charge in [-0.1, -0.05) is 52.0 Å². The van der Waals surface area contributed by atoms with E-state index in [9.17, 15) is 4.79 Å². The lowest BCUT2D eigenvalue weighted by Crippen LogP contribution is -2.30. The van der Waals surface area contributed by atoms with Crippen LogP contribution in [0.1, 0.15) is 56.1 Å². The van der Waals surface area contributed by atoms with E-state index in [-0.39, 0.29) is 11.9 Å². The van der Waals surface area contributed by atoms with Crippen LogP contribution in [0.2, 0.25) is 0 Å². The topological polar surface area (TPSA) is 38.3 Å². The van der Waals surface area contributed by atoms with Crippen molar-refractivity contribution in [1.29, 1.82) is 0 Å². The van der Waals surface area contributed by atoms with Crippen molar-refractivity contribution in [3.63, 3.8) is 0 Å². The van der Waals surface area contributed by atoms with Crippen LogP contribution >= 0.6 is 11.8 Å². The van der Waals surface area contributed by atoms with E-state index in [2.05, 4.69) is 33.0 Å². The number of hydrogen-bond acceptors (Lipinski definition) is 3. The molecule has 0 bridgehead atoms. The van der Waals surface area contributed by atoms with Gasteiger partial charge in [0.05, 0.1) is 18.7 Å². The number of methoxy groups -OCH3 is 1. The second kappa shape index (κ2) is 9.67. The molecular weight excluding hydrogens is 342 g/mol. The minimum absolute atomic E-state index is 0.0183. The maximum absolute atomic E-state index is 13.0. The van der Waals surface area contributed by atoms with Crippen LogP contribution in [0.25, 0.3) is 0 Å². The average Bonchev–Trinajstić information content (AvgIpc) is 2.60. The molecule has 0 saturated carbocycles. The molecule has 0 heterocycles. The zero-order chi connectivity index (χ0) is 19.1. The molecule has 4 heteroatoms. The van der Waals surface area contributed by atoms with Gasteiger partial charge in [0.25, 0.3) is 5.91 Å². The monoisotopic (exact) mass is 371 g/mol. The largest absolute Gasteiger partial charge is 0.497 e. The second-order valence-corrected chi connectivity index (χ2v) is 8.71. The molecule has 26 heavy (non-hydrogen) atoms. The van der Waals surface area contributed by atoms with Gasteiger partial charge in [0.2, 0.25) is 0 Å². The molecule has 0 aliphatic heterocycles. The summed E-state index contributed by atoms with van der Waals surface area (Å²) in [5.41, 5.74) is 1.84. The van der Waals surface area contributed by atoms with Crippen LogP contribution in [0, 0.1) is 5.92 Å². The van der Waals surface area contributed by atoms with Crippen molar-refractivity contribution in [1.82, 2.24) is 5.32 Å². The number of nitrogens with one attached hydrogen (secondary N) is 1. The van der Waals surface area contributed by atoms with E-state index in [1.54, 1.807) is 18.9 Å². The molecule has 0 radical (unpaired) electrons. The molecule has 2 aromatic rings. The van der Waals surface area contributed by atoms with E-state index in [4.69, 9.17) is 4.74 Å². The van der Waals surface area contributed by atoms with Gasteiger partial charge in [-0.2, -0.15) is 0 Å². The number of carbonyl (C=O) groups excluding carboxylic acids is 1. The van der Waals surface area contributed by atoms with Crippen LogP contribution in [0.5, 0.6) is 5.75 Å². The highest BCUT2D eigenvalue weighted by Crippen LogP contribution is 2.28. The third-order valence-corrected chi connectivity index (χ3v) is 5.11. The van der Waals surface area contributed by atoms with Gasteiger partial charge in [-0.25, -0.2) is 0 Å². The van der Waals surface area contributed by atoms with E-state index in [1.807, 2.05) is 48.5 Å². The van der Waals surface area contributed by atoms with Crippen LogP contribution in [0.15, 0.2) is 53.4 Å². The van der Waals surface area contributed by atoms with Crippen molar-refractivity contribution < 1.29 is 9.53 Å². The molecular formula is C22H29NO2S. The molecule has 3 nitrogen and oxygen atoms in total. The van der Waals surface area contributed by atoms with Gasteiger partial charge >= 0.3 is 0 Å². The highest BCUT2D eigenvalue weighted by Gasteiger charge is 2.19. The number of carbonyl (C=O) groups is 1. The Morgan fingerprint density at radius 3 is 2.27 bits per heavy atom. The van der Waals surface area contributed by atoms with Gasteiger partial charge in [-0.15, -0.1) is 11.8 Å². The summed E-state index contributed by atoms with van der Waals surface area (Å²) in [4.78, 5) is 14.0. The Bertz CT molecular complexity index is 710. The Labute approximate surface area is 161 Å². The average molecular weight is 372 g/mol. The van der Waals surface area contributed by atoms with E-state index in [1.165, 1.54) is 0 Å². The maximum atomic E-state index is 13.0. The van der Waals surface area contributed by atoms with Crippen LogP contribution in [0.4, 0.5) is 0 Å².